The van der Waals surface area contributed by atoms with E-state index in [0.29, 0.717) is 36.2 Å². The second-order valence-electron chi connectivity index (χ2n) is 15.6. The molecule has 6 bridgehead atoms. The lowest BCUT2D eigenvalue weighted by Gasteiger charge is -2.45. The van der Waals surface area contributed by atoms with Gasteiger partial charge in [0, 0.05) is 42.8 Å². The van der Waals surface area contributed by atoms with Crippen LogP contribution in [0.4, 0.5) is 4.79 Å². The molecule has 0 aromatic carbocycles. The summed E-state index contributed by atoms with van der Waals surface area (Å²) in [5.74, 6) is 2.08. The van der Waals surface area contributed by atoms with Crippen molar-refractivity contribution in [2.24, 2.45) is 5.41 Å². The molecule has 0 radical (unpaired) electrons. The normalized spacial score (nSPS) is 28.7. The molecule has 7 nitrogen and oxygen atoms in total. The minimum atomic E-state index is -2.18. The first-order chi connectivity index (χ1) is 20.2. The Morgan fingerprint density at radius 1 is 1.07 bits per heavy atom. The van der Waals surface area contributed by atoms with Gasteiger partial charge in [-0.05, 0) is 75.6 Å². The summed E-state index contributed by atoms with van der Waals surface area (Å²) in [7, 11) is -2.18. The third-order valence-electron chi connectivity index (χ3n) is 10.8. The SMILES string of the molecule is CC(C)[Si](OC[C@H]1C[C@@]23CN4CCCC/C=C\CCc5cc(c(o5)[C@@H]2N1C(=O)OC(C)(C)C)[C@@H]3CC4=O)(C(C)C)C(C)C. The molecular weight excluding hydrogens is 556 g/mol. The van der Waals surface area contributed by atoms with Gasteiger partial charge < -0.3 is 18.5 Å². The maximum atomic E-state index is 14.3. The van der Waals surface area contributed by atoms with Crippen LogP contribution in [0.3, 0.4) is 0 Å². The number of ether oxygens (including phenoxy) is 1. The monoisotopic (exact) mass is 612 g/mol. The summed E-state index contributed by atoms with van der Waals surface area (Å²) in [6.07, 6.45) is 10.3. The highest BCUT2D eigenvalue weighted by Crippen LogP contribution is 2.67. The third kappa shape index (κ3) is 5.76. The van der Waals surface area contributed by atoms with E-state index in [1.165, 1.54) is 0 Å². The Balaban J connectivity index is 1.59. The number of carbonyl (C=O) groups is 2. The van der Waals surface area contributed by atoms with Gasteiger partial charge in [-0.2, -0.15) is 0 Å². The van der Waals surface area contributed by atoms with Gasteiger partial charge in [-0.25, -0.2) is 4.79 Å². The zero-order chi connectivity index (χ0) is 31.3. The molecule has 1 aromatic heterocycles. The smallest absolute Gasteiger partial charge is 0.411 e. The van der Waals surface area contributed by atoms with Gasteiger partial charge in [-0.3, -0.25) is 9.69 Å². The number of hydrogen-bond acceptors (Lipinski definition) is 5. The van der Waals surface area contributed by atoms with Crippen LogP contribution in [-0.4, -0.2) is 61.5 Å². The van der Waals surface area contributed by atoms with Crippen LogP contribution in [0.5, 0.6) is 0 Å². The molecule has 2 amide bonds. The standard InChI is InChI=1S/C35H56N2O5Si/c1-23(2)43(24(3)4,25(5)6)40-21-26-20-35-22-36-17-15-13-11-10-12-14-16-27-18-28(29(35)19-30(36)38)31(41-27)32(35)37(26)33(39)42-34(7,8)9/h10,12,18,23-26,29,32H,11,13-17,19-22H2,1-9H3/b12-10-/t26-,29+,32+,35+/m1/s1. The van der Waals surface area contributed by atoms with Gasteiger partial charge in [0.15, 0.2) is 8.32 Å². The number of piperidine rings is 1. The molecule has 5 heterocycles. The van der Waals surface area contributed by atoms with Crippen LogP contribution in [0.1, 0.15) is 130 Å². The summed E-state index contributed by atoms with van der Waals surface area (Å²) in [5, 5.41) is 0. The molecule has 2 saturated heterocycles. The summed E-state index contributed by atoms with van der Waals surface area (Å²) in [5.41, 5.74) is 1.55. The summed E-state index contributed by atoms with van der Waals surface area (Å²) in [6.45, 7) is 21.5. The van der Waals surface area contributed by atoms with Gasteiger partial charge >= 0.3 is 6.09 Å². The van der Waals surface area contributed by atoms with Crippen molar-refractivity contribution in [1.82, 2.24) is 9.80 Å². The number of furan rings is 1. The molecule has 0 N–H and O–H groups in total. The van der Waals surface area contributed by atoms with Crippen LogP contribution in [0, 0.1) is 5.41 Å². The Morgan fingerprint density at radius 3 is 2.40 bits per heavy atom. The van der Waals surface area contributed by atoms with Crippen LogP contribution in [0.25, 0.3) is 0 Å². The first kappa shape index (κ1) is 32.3. The fourth-order valence-corrected chi connectivity index (χ4v) is 14.7. The van der Waals surface area contributed by atoms with Gasteiger partial charge in [-0.1, -0.05) is 53.7 Å². The predicted octanol–water partition coefficient (Wildman–Crippen LogP) is 8.51. The first-order valence-electron chi connectivity index (χ1n) is 16.9. The first-order valence-corrected chi connectivity index (χ1v) is 19.1. The largest absolute Gasteiger partial charge is 0.464 e. The Labute approximate surface area is 260 Å². The molecule has 2 fully saturated rings. The fraction of sp³-hybridized carbons (Fsp3) is 0.771. The van der Waals surface area contributed by atoms with Crippen molar-refractivity contribution in [3.63, 3.8) is 0 Å². The molecule has 5 aliphatic rings. The van der Waals surface area contributed by atoms with Gasteiger partial charge in [-0.15, -0.1) is 0 Å². The molecule has 4 aliphatic heterocycles. The van der Waals surface area contributed by atoms with Crippen molar-refractivity contribution in [1.29, 1.82) is 0 Å². The van der Waals surface area contributed by atoms with E-state index in [1.54, 1.807) is 0 Å². The Kier molecular flexibility index (Phi) is 9.05. The number of allylic oxidation sites excluding steroid dienone is 2. The van der Waals surface area contributed by atoms with Gasteiger partial charge in [0.25, 0.3) is 0 Å². The topological polar surface area (TPSA) is 72.2 Å². The van der Waals surface area contributed by atoms with E-state index in [4.69, 9.17) is 13.6 Å². The Bertz CT molecular complexity index is 1190. The summed E-state index contributed by atoms with van der Waals surface area (Å²) < 4.78 is 20.0. The molecule has 1 spiro atoms. The van der Waals surface area contributed by atoms with Crippen LogP contribution in [-0.2, 0) is 20.4 Å². The third-order valence-corrected chi connectivity index (χ3v) is 16.9. The highest BCUT2D eigenvalue weighted by Gasteiger charge is 2.67. The van der Waals surface area contributed by atoms with E-state index in [2.05, 4.69) is 64.7 Å². The molecule has 43 heavy (non-hydrogen) atoms. The Morgan fingerprint density at radius 2 is 1.74 bits per heavy atom. The maximum Gasteiger partial charge on any atom is 0.411 e. The summed E-state index contributed by atoms with van der Waals surface area (Å²) >= 11 is 0. The molecule has 6 rings (SSSR count). The van der Waals surface area contributed by atoms with Crippen molar-refractivity contribution in [3.05, 3.63) is 35.3 Å². The zero-order valence-corrected chi connectivity index (χ0v) is 29.2. The molecule has 240 valence electrons. The average molecular weight is 613 g/mol. The van der Waals surface area contributed by atoms with Crippen molar-refractivity contribution < 1.29 is 23.2 Å². The van der Waals surface area contributed by atoms with Crippen molar-refractivity contribution in [3.8, 4) is 0 Å². The lowest BCUT2D eigenvalue weighted by atomic mass is 9.68. The van der Waals surface area contributed by atoms with Crippen molar-refractivity contribution in [2.45, 2.75) is 147 Å². The quantitative estimate of drug-likeness (QED) is 0.238. The lowest BCUT2D eigenvalue weighted by molar-refractivity contribution is -0.139. The van der Waals surface area contributed by atoms with Crippen LogP contribution in [0.15, 0.2) is 22.6 Å². The molecule has 0 saturated carbocycles. The van der Waals surface area contributed by atoms with Crippen molar-refractivity contribution >= 4 is 20.3 Å². The second-order valence-corrected chi connectivity index (χ2v) is 21.1. The minimum Gasteiger partial charge on any atom is -0.464 e. The number of amides is 2. The van der Waals surface area contributed by atoms with Gasteiger partial charge in [0.1, 0.15) is 23.2 Å². The van der Waals surface area contributed by atoms with Crippen LogP contribution < -0.4 is 0 Å². The zero-order valence-electron chi connectivity index (χ0n) is 28.2. The number of likely N-dealkylation sites (tertiary alicyclic amines) is 1. The van der Waals surface area contributed by atoms with E-state index in [1.807, 2.05) is 25.7 Å². The highest BCUT2D eigenvalue weighted by molar-refractivity contribution is 6.77. The van der Waals surface area contributed by atoms with E-state index < -0.39 is 13.9 Å². The predicted molar refractivity (Wildman–Crippen MR) is 173 cm³/mol. The van der Waals surface area contributed by atoms with E-state index in [9.17, 15) is 9.59 Å². The van der Waals surface area contributed by atoms with Crippen molar-refractivity contribution in [2.75, 3.05) is 19.7 Å². The number of rotatable bonds is 6. The van der Waals surface area contributed by atoms with E-state index in [0.717, 1.165) is 62.2 Å². The molecule has 4 atom stereocenters. The van der Waals surface area contributed by atoms with E-state index in [-0.39, 0.29) is 35.4 Å². The molecule has 0 unspecified atom stereocenters. The molecule has 1 aliphatic carbocycles. The molecule has 8 heteroatoms. The highest BCUT2D eigenvalue weighted by atomic mass is 28.4. The summed E-state index contributed by atoms with van der Waals surface area (Å²) in [6, 6.07) is 1.78. The number of aryl methyl sites for hydroxylation is 1. The number of hydrogen-bond donors (Lipinski definition) is 0. The molecule has 1 aromatic rings. The average Bonchev–Trinajstić information content (AvgIpc) is 3.50. The molecular formula is C35H56N2O5Si. The van der Waals surface area contributed by atoms with Gasteiger partial charge in [0.2, 0.25) is 5.91 Å². The number of fused-ring (bicyclic) bond motifs is 7. The van der Waals surface area contributed by atoms with E-state index >= 15 is 0 Å². The lowest BCUT2D eigenvalue weighted by Crippen LogP contribution is -2.51. The van der Waals surface area contributed by atoms with Crippen LogP contribution in [0.2, 0.25) is 16.6 Å². The summed E-state index contributed by atoms with van der Waals surface area (Å²) in [4.78, 5) is 31.9. The number of carbonyl (C=O) groups excluding carboxylic acids is 2. The fourth-order valence-electron chi connectivity index (χ4n) is 9.25. The maximum absolute atomic E-state index is 14.3. The second kappa shape index (κ2) is 12.0. The minimum absolute atomic E-state index is 0.0339. The van der Waals surface area contributed by atoms with Crippen LogP contribution >= 0.6 is 0 Å². The van der Waals surface area contributed by atoms with Gasteiger partial charge in [0.05, 0.1) is 12.6 Å². The number of nitrogens with zero attached hydrogens (tertiary/aromatic N) is 2. The Hall–Kier alpha value is -2.06.